The molecule has 1 aromatic rings. The van der Waals surface area contributed by atoms with E-state index in [9.17, 15) is 0 Å². The molecule has 94 valence electrons. The lowest BCUT2D eigenvalue weighted by atomic mass is 9.95. The highest BCUT2D eigenvalue weighted by atomic mass is 15.1. The summed E-state index contributed by atoms with van der Waals surface area (Å²) in [6.07, 6.45) is 0. The Morgan fingerprint density at radius 2 is 1.94 bits per heavy atom. The standard InChI is InChI=1S/C15H24N2/c1-12(2)13-4-6-14(7-5-13)15-10-16-8-9-17(3)11-15/h4-7,12,15-16H,8-11H2,1-3H3. The summed E-state index contributed by atoms with van der Waals surface area (Å²) in [6.45, 7) is 9.02. The first-order valence-corrected chi connectivity index (χ1v) is 6.66. The van der Waals surface area contributed by atoms with Gasteiger partial charge in [-0.1, -0.05) is 38.1 Å². The molecule has 1 N–H and O–H groups in total. The van der Waals surface area contributed by atoms with Gasteiger partial charge in [0.2, 0.25) is 0 Å². The van der Waals surface area contributed by atoms with E-state index in [1.54, 1.807) is 0 Å². The molecule has 1 atom stereocenters. The molecule has 1 aliphatic heterocycles. The van der Waals surface area contributed by atoms with E-state index in [0.717, 1.165) is 26.2 Å². The average Bonchev–Trinajstić information content (AvgIpc) is 2.54. The molecule has 1 heterocycles. The summed E-state index contributed by atoms with van der Waals surface area (Å²) in [5.74, 6) is 1.25. The van der Waals surface area contributed by atoms with E-state index >= 15 is 0 Å². The fourth-order valence-electron chi connectivity index (χ4n) is 2.45. The van der Waals surface area contributed by atoms with Crippen LogP contribution in [0.4, 0.5) is 0 Å². The number of hydrogen-bond acceptors (Lipinski definition) is 2. The molecule has 1 unspecified atom stereocenters. The molecule has 1 aliphatic rings. The number of likely N-dealkylation sites (N-methyl/N-ethyl adjacent to an activating group) is 1. The molecule has 0 aliphatic carbocycles. The van der Waals surface area contributed by atoms with Crippen molar-refractivity contribution >= 4 is 0 Å². The Bertz CT molecular complexity index is 342. The molecule has 2 rings (SSSR count). The molecule has 17 heavy (non-hydrogen) atoms. The van der Waals surface area contributed by atoms with Crippen molar-refractivity contribution in [2.24, 2.45) is 0 Å². The molecule has 0 amide bonds. The Morgan fingerprint density at radius 1 is 1.24 bits per heavy atom. The monoisotopic (exact) mass is 232 g/mol. The third kappa shape index (κ3) is 3.30. The zero-order valence-corrected chi connectivity index (χ0v) is 11.2. The van der Waals surface area contributed by atoms with Gasteiger partial charge < -0.3 is 10.2 Å². The Labute approximate surface area is 105 Å². The van der Waals surface area contributed by atoms with Gasteiger partial charge >= 0.3 is 0 Å². The molecule has 0 aromatic heterocycles. The van der Waals surface area contributed by atoms with Crippen LogP contribution in [-0.2, 0) is 0 Å². The van der Waals surface area contributed by atoms with E-state index in [1.165, 1.54) is 11.1 Å². The Hall–Kier alpha value is -0.860. The van der Waals surface area contributed by atoms with Crippen molar-refractivity contribution in [2.45, 2.75) is 25.7 Å². The third-order valence-electron chi connectivity index (χ3n) is 3.67. The lowest BCUT2D eigenvalue weighted by molar-refractivity contribution is 0.342. The summed E-state index contributed by atoms with van der Waals surface area (Å²) in [5, 5.41) is 3.52. The predicted octanol–water partition coefficient (Wildman–Crippen LogP) is 2.43. The summed E-state index contributed by atoms with van der Waals surface area (Å²) in [5.41, 5.74) is 2.90. The first-order valence-electron chi connectivity index (χ1n) is 6.66. The van der Waals surface area contributed by atoms with Crippen LogP contribution in [-0.4, -0.2) is 38.1 Å². The minimum Gasteiger partial charge on any atom is -0.315 e. The van der Waals surface area contributed by atoms with E-state index in [1.807, 2.05) is 0 Å². The molecule has 2 heteroatoms. The molecule has 1 aromatic carbocycles. The van der Waals surface area contributed by atoms with E-state index < -0.39 is 0 Å². The first kappa shape index (κ1) is 12.6. The Balaban J connectivity index is 2.10. The van der Waals surface area contributed by atoms with Crippen molar-refractivity contribution < 1.29 is 0 Å². The number of hydrogen-bond donors (Lipinski definition) is 1. The molecular formula is C15H24N2. The molecule has 0 bridgehead atoms. The van der Waals surface area contributed by atoms with Gasteiger partial charge in [0.05, 0.1) is 0 Å². The van der Waals surface area contributed by atoms with Crippen LogP contribution >= 0.6 is 0 Å². The van der Waals surface area contributed by atoms with Crippen LogP contribution in [0.1, 0.15) is 36.8 Å². The van der Waals surface area contributed by atoms with Crippen molar-refractivity contribution in [2.75, 3.05) is 33.2 Å². The molecular weight excluding hydrogens is 208 g/mol. The zero-order chi connectivity index (χ0) is 12.3. The Morgan fingerprint density at radius 3 is 2.59 bits per heavy atom. The van der Waals surface area contributed by atoms with Gasteiger partial charge in [-0.05, 0) is 24.1 Å². The van der Waals surface area contributed by atoms with Crippen LogP contribution in [0.5, 0.6) is 0 Å². The van der Waals surface area contributed by atoms with E-state index in [4.69, 9.17) is 0 Å². The number of nitrogens with zero attached hydrogens (tertiary/aromatic N) is 1. The lowest BCUT2D eigenvalue weighted by Crippen LogP contribution is -2.24. The van der Waals surface area contributed by atoms with E-state index in [-0.39, 0.29) is 0 Å². The van der Waals surface area contributed by atoms with Gasteiger partial charge in [0.1, 0.15) is 0 Å². The summed E-state index contributed by atoms with van der Waals surface area (Å²) >= 11 is 0. The number of rotatable bonds is 2. The largest absolute Gasteiger partial charge is 0.315 e. The minimum atomic E-state index is 0.624. The molecule has 2 nitrogen and oxygen atoms in total. The van der Waals surface area contributed by atoms with Gasteiger partial charge in [0.15, 0.2) is 0 Å². The Kier molecular flexibility index (Phi) is 4.19. The van der Waals surface area contributed by atoms with Gasteiger partial charge in [0.25, 0.3) is 0 Å². The third-order valence-corrected chi connectivity index (χ3v) is 3.67. The van der Waals surface area contributed by atoms with Crippen LogP contribution < -0.4 is 5.32 Å². The van der Waals surface area contributed by atoms with Crippen molar-refractivity contribution in [3.05, 3.63) is 35.4 Å². The van der Waals surface area contributed by atoms with Crippen molar-refractivity contribution in [1.29, 1.82) is 0 Å². The smallest absolute Gasteiger partial charge is 0.0104 e. The lowest BCUT2D eigenvalue weighted by Gasteiger charge is -2.20. The van der Waals surface area contributed by atoms with Crippen LogP contribution in [0.25, 0.3) is 0 Å². The molecule has 1 saturated heterocycles. The second-order valence-corrected chi connectivity index (χ2v) is 5.48. The summed E-state index contributed by atoms with van der Waals surface area (Å²) in [7, 11) is 2.21. The zero-order valence-electron chi connectivity index (χ0n) is 11.2. The number of benzene rings is 1. The van der Waals surface area contributed by atoms with Crippen molar-refractivity contribution in [1.82, 2.24) is 10.2 Å². The van der Waals surface area contributed by atoms with Gasteiger partial charge in [-0.3, -0.25) is 0 Å². The van der Waals surface area contributed by atoms with Crippen LogP contribution in [0.15, 0.2) is 24.3 Å². The maximum atomic E-state index is 3.52. The second kappa shape index (κ2) is 5.65. The highest BCUT2D eigenvalue weighted by molar-refractivity contribution is 5.27. The predicted molar refractivity (Wildman–Crippen MR) is 73.6 cm³/mol. The summed E-state index contributed by atoms with van der Waals surface area (Å²) in [4.78, 5) is 2.42. The van der Waals surface area contributed by atoms with Gasteiger partial charge in [0, 0.05) is 32.1 Å². The summed E-state index contributed by atoms with van der Waals surface area (Å²) < 4.78 is 0. The average molecular weight is 232 g/mol. The summed E-state index contributed by atoms with van der Waals surface area (Å²) in [6, 6.07) is 9.18. The molecule has 1 fully saturated rings. The van der Waals surface area contributed by atoms with Crippen molar-refractivity contribution in [3.63, 3.8) is 0 Å². The van der Waals surface area contributed by atoms with E-state index in [0.29, 0.717) is 11.8 Å². The highest BCUT2D eigenvalue weighted by Crippen LogP contribution is 2.21. The molecule has 0 radical (unpaired) electrons. The quantitative estimate of drug-likeness (QED) is 0.842. The molecule has 0 saturated carbocycles. The van der Waals surface area contributed by atoms with Gasteiger partial charge in [-0.25, -0.2) is 0 Å². The van der Waals surface area contributed by atoms with Crippen LogP contribution in [0.3, 0.4) is 0 Å². The van der Waals surface area contributed by atoms with E-state index in [2.05, 4.69) is 55.4 Å². The minimum absolute atomic E-state index is 0.624. The highest BCUT2D eigenvalue weighted by Gasteiger charge is 2.16. The maximum absolute atomic E-state index is 3.52. The van der Waals surface area contributed by atoms with Gasteiger partial charge in [-0.15, -0.1) is 0 Å². The fourth-order valence-corrected chi connectivity index (χ4v) is 2.45. The SMILES string of the molecule is CC(C)c1ccc(C2CNCCN(C)C2)cc1. The topological polar surface area (TPSA) is 15.3 Å². The van der Waals surface area contributed by atoms with Crippen molar-refractivity contribution in [3.8, 4) is 0 Å². The first-order chi connectivity index (χ1) is 8.16. The normalized spacial score (nSPS) is 22.7. The second-order valence-electron chi connectivity index (χ2n) is 5.48. The van der Waals surface area contributed by atoms with Gasteiger partial charge in [-0.2, -0.15) is 0 Å². The van der Waals surface area contributed by atoms with Crippen LogP contribution in [0, 0.1) is 0 Å². The fraction of sp³-hybridized carbons (Fsp3) is 0.600. The number of nitrogens with one attached hydrogen (secondary N) is 1. The van der Waals surface area contributed by atoms with Crippen LogP contribution in [0.2, 0.25) is 0 Å². The molecule has 0 spiro atoms. The maximum Gasteiger partial charge on any atom is 0.0104 e.